The molecule has 0 aromatic carbocycles. The Morgan fingerprint density at radius 3 is 2.47 bits per heavy atom. The lowest BCUT2D eigenvalue weighted by molar-refractivity contribution is 0.433. The van der Waals surface area contributed by atoms with Crippen molar-refractivity contribution in [3.63, 3.8) is 0 Å². The third kappa shape index (κ3) is 3.71. The van der Waals surface area contributed by atoms with Crippen LogP contribution in [0.25, 0.3) is 0 Å². The highest BCUT2D eigenvalue weighted by atomic mass is 35.5. The molecule has 0 fully saturated rings. The first-order chi connectivity index (χ1) is 7.99. The molecule has 1 N–H and O–H groups in total. The van der Waals surface area contributed by atoms with Crippen LogP contribution >= 0.6 is 11.6 Å². The molecule has 1 atom stereocenters. The zero-order valence-corrected chi connectivity index (χ0v) is 12.3. The summed E-state index contributed by atoms with van der Waals surface area (Å²) in [7, 11) is 3.99. The third-order valence-electron chi connectivity index (χ3n) is 3.11. The van der Waals surface area contributed by atoms with Crippen LogP contribution in [0.3, 0.4) is 0 Å². The number of rotatable bonds is 6. The van der Waals surface area contributed by atoms with Gasteiger partial charge < -0.3 is 5.32 Å². The van der Waals surface area contributed by atoms with Crippen LogP contribution in [0.5, 0.6) is 0 Å². The summed E-state index contributed by atoms with van der Waals surface area (Å²) in [5.74, 6) is 0.685. The van der Waals surface area contributed by atoms with Gasteiger partial charge in [0, 0.05) is 19.5 Å². The van der Waals surface area contributed by atoms with Crippen molar-refractivity contribution in [3.05, 3.63) is 16.4 Å². The van der Waals surface area contributed by atoms with E-state index in [0.29, 0.717) is 12.0 Å². The second kappa shape index (κ2) is 6.41. The van der Waals surface area contributed by atoms with Crippen LogP contribution in [-0.2, 0) is 19.9 Å². The lowest BCUT2D eigenvalue weighted by atomic mass is 9.99. The van der Waals surface area contributed by atoms with E-state index in [1.807, 2.05) is 18.8 Å². The molecule has 17 heavy (non-hydrogen) atoms. The summed E-state index contributed by atoms with van der Waals surface area (Å²) in [6.07, 6.45) is 2.98. The monoisotopic (exact) mass is 257 g/mol. The van der Waals surface area contributed by atoms with Gasteiger partial charge in [0.2, 0.25) is 0 Å². The van der Waals surface area contributed by atoms with Gasteiger partial charge in [-0.05, 0) is 25.8 Å². The van der Waals surface area contributed by atoms with Gasteiger partial charge in [-0.25, -0.2) is 0 Å². The minimum atomic E-state index is 0.465. The number of halogens is 1. The number of hydrogen-bond acceptors (Lipinski definition) is 2. The zero-order valence-electron chi connectivity index (χ0n) is 11.5. The van der Waals surface area contributed by atoms with Crippen LogP contribution < -0.4 is 5.32 Å². The van der Waals surface area contributed by atoms with Gasteiger partial charge in [0.25, 0.3) is 0 Å². The Morgan fingerprint density at radius 1 is 1.41 bits per heavy atom. The number of aryl methyl sites for hydroxylation is 2. The van der Waals surface area contributed by atoms with Gasteiger partial charge in [-0.1, -0.05) is 32.4 Å². The molecule has 1 aromatic rings. The van der Waals surface area contributed by atoms with E-state index in [9.17, 15) is 0 Å². The normalized spacial score (nSPS) is 13.4. The molecule has 0 aliphatic carbocycles. The van der Waals surface area contributed by atoms with Crippen molar-refractivity contribution in [3.8, 4) is 0 Å². The van der Waals surface area contributed by atoms with Crippen LogP contribution in [0.15, 0.2) is 0 Å². The Kier molecular flexibility index (Phi) is 5.47. The van der Waals surface area contributed by atoms with E-state index in [2.05, 4.69) is 31.2 Å². The zero-order chi connectivity index (χ0) is 13.0. The van der Waals surface area contributed by atoms with Gasteiger partial charge in [-0.3, -0.25) is 4.68 Å². The Morgan fingerprint density at radius 2 is 2.06 bits per heavy atom. The fraction of sp³-hybridized carbons (Fsp3) is 0.769. The highest BCUT2D eigenvalue weighted by Crippen LogP contribution is 2.23. The molecule has 0 spiro atoms. The summed E-state index contributed by atoms with van der Waals surface area (Å²) < 4.78 is 1.92. The summed E-state index contributed by atoms with van der Waals surface area (Å²) in [4.78, 5) is 0. The van der Waals surface area contributed by atoms with Crippen LogP contribution in [-0.4, -0.2) is 22.9 Å². The standard InChI is InChI=1S/C13H24ClN3/c1-6-11-13(14)12(17(5)16-11)8-10(15-4)7-9(2)3/h9-10,15H,6-8H2,1-5H3. The number of nitrogens with one attached hydrogen (secondary N) is 1. The molecule has 1 unspecified atom stereocenters. The van der Waals surface area contributed by atoms with Crippen molar-refractivity contribution in [2.24, 2.45) is 13.0 Å². The fourth-order valence-corrected chi connectivity index (χ4v) is 2.52. The molecule has 0 aliphatic heterocycles. The van der Waals surface area contributed by atoms with Crippen LogP contribution in [0.2, 0.25) is 5.02 Å². The van der Waals surface area contributed by atoms with Crippen molar-refractivity contribution in [1.29, 1.82) is 0 Å². The minimum absolute atomic E-state index is 0.465. The van der Waals surface area contributed by atoms with Gasteiger partial charge in [0.15, 0.2) is 0 Å². The first kappa shape index (κ1) is 14.5. The van der Waals surface area contributed by atoms with E-state index < -0.39 is 0 Å². The van der Waals surface area contributed by atoms with Gasteiger partial charge in [-0.15, -0.1) is 0 Å². The molecule has 0 radical (unpaired) electrons. The molecule has 1 heterocycles. The first-order valence-electron chi connectivity index (χ1n) is 6.37. The van der Waals surface area contributed by atoms with Crippen molar-refractivity contribution >= 4 is 11.6 Å². The Hall–Kier alpha value is -0.540. The van der Waals surface area contributed by atoms with Gasteiger partial charge >= 0.3 is 0 Å². The Bertz CT molecular complexity index is 358. The summed E-state index contributed by atoms with van der Waals surface area (Å²) in [6, 6.07) is 0.465. The maximum Gasteiger partial charge on any atom is 0.0850 e. The number of hydrogen-bond donors (Lipinski definition) is 1. The predicted molar refractivity (Wildman–Crippen MR) is 73.6 cm³/mol. The largest absolute Gasteiger partial charge is 0.317 e. The summed E-state index contributed by atoms with van der Waals surface area (Å²) in [5.41, 5.74) is 2.15. The molecule has 0 saturated carbocycles. The van der Waals surface area contributed by atoms with E-state index in [-0.39, 0.29) is 0 Å². The predicted octanol–water partition coefficient (Wildman–Crippen LogP) is 2.81. The van der Waals surface area contributed by atoms with Crippen LogP contribution in [0.4, 0.5) is 0 Å². The Labute approximate surface area is 110 Å². The highest BCUT2D eigenvalue weighted by molar-refractivity contribution is 6.31. The van der Waals surface area contributed by atoms with Crippen LogP contribution in [0, 0.1) is 5.92 Å². The van der Waals surface area contributed by atoms with E-state index in [1.165, 1.54) is 0 Å². The number of likely N-dealkylation sites (N-methyl/N-ethyl adjacent to an activating group) is 1. The smallest absolute Gasteiger partial charge is 0.0850 e. The van der Waals surface area contributed by atoms with Gasteiger partial charge in [-0.2, -0.15) is 5.10 Å². The molecule has 0 amide bonds. The molecule has 0 aliphatic rings. The quantitative estimate of drug-likeness (QED) is 0.849. The molecule has 3 nitrogen and oxygen atoms in total. The van der Waals surface area contributed by atoms with Gasteiger partial charge in [0.05, 0.1) is 16.4 Å². The fourth-order valence-electron chi connectivity index (χ4n) is 2.15. The minimum Gasteiger partial charge on any atom is -0.317 e. The molecule has 98 valence electrons. The lowest BCUT2D eigenvalue weighted by Gasteiger charge is -2.18. The molecular weight excluding hydrogens is 234 g/mol. The maximum atomic E-state index is 6.36. The molecule has 1 aromatic heterocycles. The summed E-state index contributed by atoms with van der Waals surface area (Å²) in [6.45, 7) is 6.57. The average Bonchev–Trinajstić information content (AvgIpc) is 2.54. The molecular formula is C13H24ClN3. The van der Waals surface area contributed by atoms with E-state index in [0.717, 1.165) is 35.7 Å². The second-order valence-electron chi connectivity index (χ2n) is 5.00. The number of aromatic nitrogens is 2. The molecule has 4 heteroatoms. The van der Waals surface area contributed by atoms with Crippen LogP contribution in [0.1, 0.15) is 38.6 Å². The average molecular weight is 258 g/mol. The first-order valence-corrected chi connectivity index (χ1v) is 6.74. The van der Waals surface area contributed by atoms with E-state index in [1.54, 1.807) is 0 Å². The summed E-state index contributed by atoms with van der Waals surface area (Å²) >= 11 is 6.36. The third-order valence-corrected chi connectivity index (χ3v) is 3.54. The Balaban J connectivity index is 2.82. The molecule has 0 bridgehead atoms. The number of nitrogens with zero attached hydrogens (tertiary/aromatic N) is 2. The SMILES string of the molecule is CCc1nn(C)c(CC(CC(C)C)NC)c1Cl. The van der Waals surface area contributed by atoms with Crippen molar-refractivity contribution < 1.29 is 0 Å². The van der Waals surface area contributed by atoms with Gasteiger partial charge in [0.1, 0.15) is 0 Å². The topological polar surface area (TPSA) is 29.9 Å². The van der Waals surface area contributed by atoms with Crippen molar-refractivity contribution in [1.82, 2.24) is 15.1 Å². The molecule has 1 rings (SSSR count). The summed E-state index contributed by atoms with van der Waals surface area (Å²) in [5, 5.41) is 8.66. The maximum absolute atomic E-state index is 6.36. The van der Waals surface area contributed by atoms with Crippen molar-refractivity contribution in [2.45, 2.75) is 46.1 Å². The molecule has 0 saturated heterocycles. The van der Waals surface area contributed by atoms with E-state index >= 15 is 0 Å². The highest BCUT2D eigenvalue weighted by Gasteiger charge is 2.17. The lowest BCUT2D eigenvalue weighted by Crippen LogP contribution is -2.30. The van der Waals surface area contributed by atoms with E-state index in [4.69, 9.17) is 11.6 Å². The second-order valence-corrected chi connectivity index (χ2v) is 5.38. The van der Waals surface area contributed by atoms with Crippen molar-refractivity contribution in [2.75, 3.05) is 7.05 Å².